The number of halogens is 2. The van der Waals surface area contributed by atoms with Gasteiger partial charge in [0.1, 0.15) is 68.0 Å². The van der Waals surface area contributed by atoms with E-state index in [1.54, 1.807) is 0 Å². The van der Waals surface area contributed by atoms with Crippen LogP contribution in [0.15, 0.2) is 88.1 Å². The molecule has 0 radical (unpaired) electrons. The van der Waals surface area contributed by atoms with Crippen molar-refractivity contribution in [2.75, 3.05) is 59.8 Å². The number of hydrogen-bond acceptors (Lipinski definition) is 14. The maximum Gasteiger partial charge on any atom is 0.336 e. The molecule has 84 heavy (non-hydrogen) atoms. The third-order valence-electron chi connectivity index (χ3n) is 13.7. The van der Waals surface area contributed by atoms with Crippen LogP contribution in [0.25, 0.3) is 33.4 Å². The van der Waals surface area contributed by atoms with Gasteiger partial charge in [-0.15, -0.1) is 0 Å². The second-order valence-corrected chi connectivity index (χ2v) is 21.0. The number of aromatic hydroxyl groups is 1. The number of phenols is 1. The van der Waals surface area contributed by atoms with Gasteiger partial charge in [0.2, 0.25) is 11.3 Å². The van der Waals surface area contributed by atoms with E-state index in [4.69, 9.17) is 37.1 Å². The van der Waals surface area contributed by atoms with Gasteiger partial charge in [-0.3, -0.25) is 33.6 Å². The Kier molecular flexibility index (Phi) is 24.4. The Morgan fingerprint density at radius 3 is 1.52 bits per heavy atom. The highest BCUT2D eigenvalue weighted by Crippen LogP contribution is 2.45. The third kappa shape index (κ3) is 19.0. The molecule has 21 nitrogen and oxygen atoms in total. The van der Waals surface area contributed by atoms with Crippen LogP contribution in [0.3, 0.4) is 0 Å². The number of hydrogen-bond donors (Lipinski definition) is 8. The molecule has 4 aromatic carbocycles. The molecule has 0 atom stereocenters. The van der Waals surface area contributed by atoms with E-state index in [-0.39, 0.29) is 120 Å². The predicted octanol–water partition coefficient (Wildman–Crippen LogP) is 12.1. The lowest BCUT2D eigenvalue weighted by Gasteiger charge is -2.25. The number of aliphatic carboxylic acids is 4. The first-order valence-electron chi connectivity index (χ1n) is 27.7. The zero-order valence-corrected chi connectivity index (χ0v) is 47.9. The zero-order chi connectivity index (χ0) is 60.9. The lowest BCUT2D eigenvalue weighted by atomic mass is 9.89. The predicted molar refractivity (Wildman–Crippen MR) is 318 cm³/mol. The number of carboxylic acids is 5. The van der Waals surface area contributed by atoms with E-state index in [0.29, 0.717) is 6.42 Å². The van der Waals surface area contributed by atoms with Crippen molar-refractivity contribution in [3.05, 3.63) is 110 Å². The fourth-order valence-corrected chi connectivity index (χ4v) is 10.0. The van der Waals surface area contributed by atoms with Crippen LogP contribution < -0.4 is 35.3 Å². The van der Waals surface area contributed by atoms with Gasteiger partial charge >= 0.3 is 29.8 Å². The molecule has 2 amide bonds. The summed E-state index contributed by atoms with van der Waals surface area (Å²) in [4.78, 5) is 102. The summed E-state index contributed by atoms with van der Waals surface area (Å²) in [7, 11) is 0. The van der Waals surface area contributed by atoms with Crippen molar-refractivity contribution in [2.24, 2.45) is 0 Å². The first-order chi connectivity index (χ1) is 40.2. The van der Waals surface area contributed by atoms with Crippen LogP contribution in [0.5, 0.6) is 17.2 Å². The van der Waals surface area contributed by atoms with E-state index in [2.05, 4.69) is 17.6 Å². The summed E-state index contributed by atoms with van der Waals surface area (Å²) in [6.45, 7) is -1.61. The van der Waals surface area contributed by atoms with E-state index in [0.717, 1.165) is 47.6 Å². The number of carbonyl (C=O) groups excluding carboxylic acids is 2. The summed E-state index contributed by atoms with van der Waals surface area (Å²) < 4.78 is 18.0. The summed E-state index contributed by atoms with van der Waals surface area (Å²) in [6.07, 6.45) is 17.8. The van der Waals surface area contributed by atoms with Crippen LogP contribution in [0.2, 0.25) is 10.0 Å². The number of nitrogens with zero attached hydrogens (tertiary/aromatic N) is 2. The maximum absolute atomic E-state index is 14.0. The van der Waals surface area contributed by atoms with Gasteiger partial charge in [0, 0.05) is 64.1 Å². The van der Waals surface area contributed by atoms with Crippen molar-refractivity contribution in [1.29, 1.82) is 0 Å². The van der Waals surface area contributed by atoms with Crippen molar-refractivity contribution >= 4 is 98.6 Å². The molecule has 4 aromatic rings. The van der Waals surface area contributed by atoms with Crippen molar-refractivity contribution in [1.82, 2.24) is 0 Å². The molecule has 1 aliphatic carbocycles. The Morgan fingerprint density at radius 2 is 1.04 bits per heavy atom. The Morgan fingerprint density at radius 1 is 0.548 bits per heavy atom. The molecule has 0 spiro atoms. The van der Waals surface area contributed by atoms with Gasteiger partial charge in [0.25, 0.3) is 5.91 Å². The van der Waals surface area contributed by atoms with Crippen molar-refractivity contribution in [2.45, 2.75) is 110 Å². The molecule has 0 saturated heterocycles. The molecule has 2 aliphatic rings. The molecule has 0 saturated carbocycles. The second-order valence-electron chi connectivity index (χ2n) is 20.2. The molecule has 0 bridgehead atoms. The van der Waals surface area contributed by atoms with Gasteiger partial charge in [0.15, 0.2) is 0 Å². The quantitative estimate of drug-likeness (QED) is 0.0134. The number of rotatable bonds is 36. The van der Waals surface area contributed by atoms with Crippen LogP contribution in [0.4, 0.5) is 22.7 Å². The lowest BCUT2D eigenvalue weighted by molar-refractivity contribution is -0.138. The van der Waals surface area contributed by atoms with Crippen LogP contribution >= 0.6 is 23.2 Å². The number of ether oxygens (including phenoxy) is 2. The minimum Gasteiger partial charge on any atom is -0.506 e. The van der Waals surface area contributed by atoms with Gasteiger partial charge in [-0.1, -0.05) is 126 Å². The molecule has 448 valence electrons. The van der Waals surface area contributed by atoms with Crippen LogP contribution in [0.1, 0.15) is 130 Å². The molecule has 1 aliphatic heterocycles. The van der Waals surface area contributed by atoms with E-state index in [1.807, 2.05) is 0 Å². The Balaban J connectivity index is 1.18. The van der Waals surface area contributed by atoms with Crippen molar-refractivity contribution in [3.63, 3.8) is 0 Å². The average molecular weight is 1200 g/mol. The molecule has 0 unspecified atom stereocenters. The Bertz CT molecular complexity index is 3330. The van der Waals surface area contributed by atoms with Gasteiger partial charge in [-0.25, -0.2) is 4.79 Å². The molecule has 1 heterocycles. The molecular formula is C61H68Cl2N4O17. The molecule has 0 aromatic heterocycles. The molecular weight excluding hydrogens is 1130 g/mol. The van der Waals surface area contributed by atoms with E-state index in [9.17, 15) is 69.0 Å². The minimum absolute atomic E-state index is 0.00296. The first kappa shape index (κ1) is 64.6. The average Bonchev–Trinajstić information content (AvgIpc) is 2.81. The van der Waals surface area contributed by atoms with Gasteiger partial charge < -0.3 is 65.0 Å². The highest BCUT2D eigenvalue weighted by atomic mass is 35.5. The molecule has 6 rings (SSSR count). The van der Waals surface area contributed by atoms with Crippen molar-refractivity contribution < 1.29 is 78.1 Å². The number of anilines is 4. The minimum atomic E-state index is -1.47. The summed E-state index contributed by atoms with van der Waals surface area (Å²) in [5.74, 6) is -8.62. The maximum atomic E-state index is 14.0. The SMILES string of the molecule is CCCCCCCCCCCCCCCCCC(=O)Nc1ccc(N(CC(=O)O)CC(=O)O)c(OCCOc2cc(NC(=O)c3ccc(-c4c5cc(Cl)c(=O)cc-5oc5cc(O)c(Cl)cc45)c(C(=O)O)c3)ccc2N(CC(=O)O)CC(=O)O)c1. The number of benzene rings is 5. The second kappa shape index (κ2) is 31.8. The fourth-order valence-electron chi connectivity index (χ4n) is 9.70. The Labute approximate surface area is 494 Å². The number of unbranched alkanes of at least 4 members (excludes halogenated alkanes) is 14. The highest BCUT2D eigenvalue weighted by molar-refractivity contribution is 6.33. The van der Waals surface area contributed by atoms with Gasteiger partial charge in [-0.2, -0.15) is 0 Å². The smallest absolute Gasteiger partial charge is 0.336 e. The topological polar surface area (TPSA) is 320 Å². The summed E-state index contributed by atoms with van der Waals surface area (Å²) in [5.41, 5.74) is -0.368. The zero-order valence-electron chi connectivity index (χ0n) is 46.4. The first-order valence-corrected chi connectivity index (χ1v) is 28.5. The van der Waals surface area contributed by atoms with Crippen molar-refractivity contribution in [3.8, 4) is 39.7 Å². The largest absolute Gasteiger partial charge is 0.506 e. The molecule has 8 N–H and O–H groups in total. The van der Waals surface area contributed by atoms with Crippen LogP contribution in [0, 0.1) is 0 Å². The fraction of sp³-hybridized carbons (Fsp3) is 0.377. The molecule has 0 fully saturated rings. The lowest BCUT2D eigenvalue weighted by Crippen LogP contribution is -2.35. The van der Waals surface area contributed by atoms with Crippen LogP contribution in [-0.2, 0) is 24.0 Å². The number of phenolic OH excluding ortho intramolecular Hbond substituents is 1. The monoisotopic (exact) mass is 1200 g/mol. The van der Waals surface area contributed by atoms with Gasteiger partial charge in [0.05, 0.1) is 27.0 Å². The normalized spacial score (nSPS) is 11.1. The summed E-state index contributed by atoms with van der Waals surface area (Å²) in [6, 6.07) is 16.9. The number of carbonyl (C=O) groups is 7. The highest BCUT2D eigenvalue weighted by Gasteiger charge is 2.27. The number of nitrogens with one attached hydrogen (secondary N) is 2. The van der Waals surface area contributed by atoms with E-state index >= 15 is 0 Å². The Hall–Kier alpha value is -8.56. The number of aromatic carboxylic acids is 1. The number of carboxylic acid groups (broad SMARTS) is 5. The van der Waals surface area contributed by atoms with E-state index in [1.165, 1.54) is 131 Å². The van der Waals surface area contributed by atoms with Crippen LogP contribution in [-0.4, -0.2) is 112 Å². The number of amides is 2. The number of fused-ring (bicyclic) bond motifs is 2. The third-order valence-corrected chi connectivity index (χ3v) is 14.3. The molecule has 23 heteroatoms. The van der Waals surface area contributed by atoms with Gasteiger partial charge in [-0.05, 0) is 60.5 Å². The summed E-state index contributed by atoms with van der Waals surface area (Å²) in [5, 5.41) is 65.2. The van der Waals surface area contributed by atoms with E-state index < -0.39 is 67.4 Å². The standard InChI is InChI=1S/C61H68Cl2N4O17/c1-2-3-4-5-6-7-8-9-10-11-12-13-14-15-16-17-54(70)64-38-19-22-46(66(33-55(71)72)34-56(73)74)52(27-38)82-24-25-83-53-28-39(20-23-47(53)67(35-57(75)76)36-58(77)78)65-60(79)37-18-21-40(41(26-37)61(80)81)59-42-29-44(62)48(68)31-50(42)84-51-32-49(69)45(63)30-43(51)59/h18-23,26-32,68H,2-17,24-25,33-36H2,1H3,(H,64,70)(H,65,79)(H,71,72)(H,73,74)(H,75,76)(H,77,78)(H,80,81). The summed E-state index contributed by atoms with van der Waals surface area (Å²) >= 11 is 12.5.